The van der Waals surface area contributed by atoms with Gasteiger partial charge in [-0.1, -0.05) is 0 Å². The summed E-state index contributed by atoms with van der Waals surface area (Å²) in [5.74, 6) is 1.90. The highest BCUT2D eigenvalue weighted by molar-refractivity contribution is 5.42. The maximum atomic E-state index is 5.94. The van der Waals surface area contributed by atoms with E-state index < -0.39 is 0 Å². The minimum atomic E-state index is 0.0769. The smallest absolute Gasteiger partial charge is 0.128 e. The first kappa shape index (κ1) is 14.3. The van der Waals surface area contributed by atoms with E-state index in [-0.39, 0.29) is 6.04 Å². The summed E-state index contributed by atoms with van der Waals surface area (Å²) < 4.78 is 0. The molecular weight excluding hydrogens is 236 g/mol. The van der Waals surface area contributed by atoms with E-state index in [4.69, 9.17) is 5.73 Å². The number of nitrogens with zero attached hydrogens (tertiary/aromatic N) is 3. The highest BCUT2D eigenvalue weighted by atomic mass is 15.2. The third kappa shape index (κ3) is 3.91. The van der Waals surface area contributed by atoms with Gasteiger partial charge in [-0.2, -0.15) is 0 Å². The first-order chi connectivity index (χ1) is 9.06. The average molecular weight is 262 g/mol. The lowest BCUT2D eigenvalue weighted by Crippen LogP contribution is -2.37. The summed E-state index contributed by atoms with van der Waals surface area (Å²) in [6, 6.07) is 4.22. The summed E-state index contributed by atoms with van der Waals surface area (Å²) >= 11 is 0. The molecule has 1 aliphatic heterocycles. The molecule has 2 N–H and O–H groups in total. The molecule has 0 amide bonds. The van der Waals surface area contributed by atoms with Gasteiger partial charge in [-0.15, -0.1) is 0 Å². The van der Waals surface area contributed by atoms with E-state index in [1.807, 2.05) is 19.2 Å². The van der Waals surface area contributed by atoms with Crippen molar-refractivity contribution < 1.29 is 0 Å². The molecule has 0 aliphatic carbocycles. The van der Waals surface area contributed by atoms with Crippen molar-refractivity contribution >= 4 is 5.82 Å². The van der Waals surface area contributed by atoms with Gasteiger partial charge in [-0.25, -0.2) is 4.98 Å². The van der Waals surface area contributed by atoms with E-state index in [1.54, 1.807) is 0 Å². The molecule has 19 heavy (non-hydrogen) atoms. The molecule has 1 fully saturated rings. The van der Waals surface area contributed by atoms with Crippen LogP contribution in [0.25, 0.3) is 0 Å². The Morgan fingerprint density at radius 2 is 2.11 bits per heavy atom. The zero-order chi connectivity index (χ0) is 13.8. The van der Waals surface area contributed by atoms with Crippen molar-refractivity contribution in [2.75, 3.05) is 38.6 Å². The molecule has 1 aromatic heterocycles. The van der Waals surface area contributed by atoms with Crippen LogP contribution in [0.1, 0.15) is 31.4 Å². The predicted octanol–water partition coefficient (Wildman–Crippen LogP) is 1.88. The zero-order valence-corrected chi connectivity index (χ0v) is 12.3. The van der Waals surface area contributed by atoms with Gasteiger partial charge in [0.05, 0.1) is 0 Å². The average Bonchev–Trinajstić information content (AvgIpc) is 2.39. The van der Waals surface area contributed by atoms with Gasteiger partial charge in [0.15, 0.2) is 0 Å². The van der Waals surface area contributed by atoms with Crippen molar-refractivity contribution in [3.8, 4) is 0 Å². The fraction of sp³-hybridized carbons (Fsp3) is 0.667. The number of hydrogen-bond donors (Lipinski definition) is 1. The summed E-state index contributed by atoms with van der Waals surface area (Å²) in [5, 5.41) is 0. The van der Waals surface area contributed by atoms with Gasteiger partial charge in [0.25, 0.3) is 0 Å². The van der Waals surface area contributed by atoms with Crippen molar-refractivity contribution in [2.24, 2.45) is 11.7 Å². The van der Waals surface area contributed by atoms with Gasteiger partial charge in [0.1, 0.15) is 5.82 Å². The van der Waals surface area contributed by atoms with Gasteiger partial charge < -0.3 is 15.5 Å². The van der Waals surface area contributed by atoms with Crippen LogP contribution in [0.2, 0.25) is 0 Å². The summed E-state index contributed by atoms with van der Waals surface area (Å²) in [4.78, 5) is 9.17. The predicted molar refractivity (Wildman–Crippen MR) is 80.3 cm³/mol. The largest absolute Gasteiger partial charge is 0.357 e. The van der Waals surface area contributed by atoms with Crippen LogP contribution >= 0.6 is 0 Å². The fourth-order valence-corrected chi connectivity index (χ4v) is 2.75. The van der Waals surface area contributed by atoms with Crippen LogP contribution in [0.15, 0.2) is 18.3 Å². The number of anilines is 1. The van der Waals surface area contributed by atoms with Gasteiger partial charge >= 0.3 is 0 Å². The maximum Gasteiger partial charge on any atom is 0.128 e. The quantitative estimate of drug-likeness (QED) is 0.900. The highest BCUT2D eigenvalue weighted by Gasteiger charge is 2.20. The van der Waals surface area contributed by atoms with E-state index in [2.05, 4.69) is 34.9 Å². The molecule has 0 aromatic carbocycles. The number of nitrogens with two attached hydrogens (primary N) is 1. The number of piperidine rings is 1. The topological polar surface area (TPSA) is 45.4 Å². The molecule has 1 aromatic rings. The molecule has 1 atom stereocenters. The van der Waals surface area contributed by atoms with Gasteiger partial charge in [-0.05, 0) is 57.5 Å². The fourth-order valence-electron chi connectivity index (χ4n) is 2.75. The lowest BCUT2D eigenvalue weighted by Gasteiger charge is -2.34. The number of hydrogen-bond acceptors (Lipinski definition) is 4. The molecule has 4 heteroatoms. The molecule has 2 rings (SSSR count). The third-order valence-electron chi connectivity index (χ3n) is 3.86. The Balaban J connectivity index is 1.96. The monoisotopic (exact) mass is 262 g/mol. The summed E-state index contributed by atoms with van der Waals surface area (Å²) in [6.45, 7) is 5.42. The van der Waals surface area contributed by atoms with E-state index in [9.17, 15) is 0 Å². The van der Waals surface area contributed by atoms with Crippen molar-refractivity contribution in [2.45, 2.75) is 25.8 Å². The SMILES string of the molecule is C[C@@H](N)c1ccnc(N2CCC(CN(C)C)CC2)c1. The van der Waals surface area contributed by atoms with Crippen LogP contribution in [-0.2, 0) is 0 Å². The Kier molecular flexibility index (Phi) is 4.77. The van der Waals surface area contributed by atoms with Crippen molar-refractivity contribution in [1.29, 1.82) is 0 Å². The molecule has 4 nitrogen and oxygen atoms in total. The second kappa shape index (κ2) is 6.35. The summed E-state index contributed by atoms with van der Waals surface area (Å²) in [6.07, 6.45) is 4.38. The van der Waals surface area contributed by atoms with Crippen molar-refractivity contribution in [1.82, 2.24) is 9.88 Å². The zero-order valence-electron chi connectivity index (χ0n) is 12.3. The Labute approximate surface area is 116 Å². The van der Waals surface area contributed by atoms with Gasteiger partial charge in [0, 0.05) is 31.9 Å². The minimum Gasteiger partial charge on any atom is -0.357 e. The van der Waals surface area contributed by atoms with Gasteiger partial charge in [-0.3, -0.25) is 0 Å². The molecule has 0 unspecified atom stereocenters. The van der Waals surface area contributed by atoms with Crippen LogP contribution in [0.3, 0.4) is 0 Å². The Bertz CT molecular complexity index is 395. The van der Waals surface area contributed by atoms with Crippen LogP contribution in [0, 0.1) is 5.92 Å². The Hall–Kier alpha value is -1.13. The standard InChI is InChI=1S/C15H26N4/c1-12(16)14-4-7-17-15(10-14)19-8-5-13(6-9-19)11-18(2)3/h4,7,10,12-13H,5-6,8-9,11,16H2,1-3H3/t12-/m1/s1. The second-order valence-corrected chi connectivity index (χ2v) is 5.93. The van der Waals surface area contributed by atoms with E-state index in [1.165, 1.54) is 24.9 Å². The first-order valence-corrected chi connectivity index (χ1v) is 7.17. The highest BCUT2D eigenvalue weighted by Crippen LogP contribution is 2.23. The summed E-state index contributed by atoms with van der Waals surface area (Å²) in [7, 11) is 4.31. The molecule has 0 radical (unpaired) electrons. The number of rotatable bonds is 4. The Morgan fingerprint density at radius 3 is 2.68 bits per heavy atom. The molecule has 1 aliphatic rings. The molecule has 106 valence electrons. The van der Waals surface area contributed by atoms with Crippen molar-refractivity contribution in [3.63, 3.8) is 0 Å². The molecular formula is C15H26N4. The van der Waals surface area contributed by atoms with E-state index >= 15 is 0 Å². The van der Waals surface area contributed by atoms with Crippen LogP contribution in [0.5, 0.6) is 0 Å². The Morgan fingerprint density at radius 1 is 1.42 bits per heavy atom. The second-order valence-electron chi connectivity index (χ2n) is 5.93. The van der Waals surface area contributed by atoms with E-state index in [0.29, 0.717) is 0 Å². The molecule has 0 spiro atoms. The van der Waals surface area contributed by atoms with Crippen LogP contribution in [-0.4, -0.2) is 43.6 Å². The normalized spacial score (nSPS) is 18.9. The van der Waals surface area contributed by atoms with Gasteiger partial charge in [0.2, 0.25) is 0 Å². The minimum absolute atomic E-state index is 0.0769. The van der Waals surface area contributed by atoms with Crippen LogP contribution in [0.4, 0.5) is 5.82 Å². The lowest BCUT2D eigenvalue weighted by molar-refractivity contribution is 0.284. The number of aromatic nitrogens is 1. The summed E-state index contributed by atoms with van der Waals surface area (Å²) in [5.41, 5.74) is 7.10. The molecule has 0 saturated carbocycles. The number of pyridine rings is 1. The molecule has 0 bridgehead atoms. The first-order valence-electron chi connectivity index (χ1n) is 7.17. The van der Waals surface area contributed by atoms with E-state index in [0.717, 1.165) is 24.8 Å². The molecule has 1 saturated heterocycles. The van der Waals surface area contributed by atoms with Crippen LogP contribution < -0.4 is 10.6 Å². The van der Waals surface area contributed by atoms with Crippen molar-refractivity contribution in [3.05, 3.63) is 23.9 Å². The third-order valence-corrected chi connectivity index (χ3v) is 3.86. The molecule has 2 heterocycles. The lowest BCUT2D eigenvalue weighted by atomic mass is 9.96. The maximum absolute atomic E-state index is 5.94.